The highest BCUT2D eigenvalue weighted by molar-refractivity contribution is 6.99. The summed E-state index contributed by atoms with van der Waals surface area (Å²) < 4.78 is 12.1. The summed E-state index contributed by atoms with van der Waals surface area (Å²) in [4.78, 5) is 25.2. The van der Waals surface area contributed by atoms with Gasteiger partial charge < -0.3 is 9.26 Å². The summed E-state index contributed by atoms with van der Waals surface area (Å²) in [5.41, 5.74) is -0.950. The molecule has 1 heterocycles. The Balaban J connectivity index is 3.06. The van der Waals surface area contributed by atoms with Crippen molar-refractivity contribution in [3.8, 4) is 0 Å². The second-order valence-corrected chi connectivity index (χ2v) is 13.5. The van der Waals surface area contributed by atoms with E-state index in [0.29, 0.717) is 17.7 Å². The van der Waals surface area contributed by atoms with Gasteiger partial charge in [0, 0.05) is 19.6 Å². The molecule has 1 aliphatic heterocycles. The maximum Gasteiger partial charge on any atom is 0.340 e. The van der Waals surface area contributed by atoms with E-state index in [1.54, 1.807) is 12.0 Å². The molecule has 8 heteroatoms. The van der Waals surface area contributed by atoms with Gasteiger partial charge in [-0.3, -0.25) is 14.8 Å². The van der Waals surface area contributed by atoms with Crippen molar-refractivity contribution in [1.82, 2.24) is 10.1 Å². The molecule has 3 atom stereocenters. The third-order valence-corrected chi connectivity index (χ3v) is 7.89. The molecule has 158 valence electrons. The Kier molecular flexibility index (Phi) is 7.66. The molecule has 1 aliphatic rings. The van der Waals surface area contributed by atoms with Crippen LogP contribution in [-0.4, -0.2) is 60.4 Å². The van der Waals surface area contributed by atoms with E-state index >= 15 is 0 Å². The van der Waals surface area contributed by atoms with Crippen LogP contribution in [-0.2, 0) is 14.1 Å². The van der Waals surface area contributed by atoms with Crippen LogP contribution in [0.4, 0.5) is 4.79 Å². The van der Waals surface area contributed by atoms with Gasteiger partial charge in [0.15, 0.2) is 0 Å². The summed E-state index contributed by atoms with van der Waals surface area (Å²) in [5.74, 6) is -0.777. The standard InChI is InChI=1S/C19H38N2O5Si/c1-14(16(22)20(8)24)15-11-10-12-21(15)26-27(9,13-18(2,3)4)17(23)25-19(5,6)7/h14-15,24H,10-13H2,1-9H3/t14-,15?,27?/m1/s1. The average molecular weight is 403 g/mol. The molecule has 1 rings (SSSR count). The SMILES string of the molecule is C[C@@H](C(=O)N(C)O)C1CCCN1O[Si](C)(CC(C)(C)C)C(=O)OC(C)(C)C. The summed E-state index contributed by atoms with van der Waals surface area (Å²) in [7, 11) is -1.60. The van der Waals surface area contributed by atoms with Crippen LogP contribution in [0.5, 0.6) is 0 Å². The van der Waals surface area contributed by atoms with Crippen molar-refractivity contribution in [3.05, 3.63) is 0 Å². The van der Waals surface area contributed by atoms with Crippen molar-refractivity contribution in [2.24, 2.45) is 11.3 Å². The first-order valence-electron chi connectivity index (χ1n) is 9.71. The average Bonchev–Trinajstić information content (AvgIpc) is 2.89. The number of nitrogens with zero attached hydrogens (tertiary/aromatic N) is 2. The molecule has 0 bridgehead atoms. The van der Waals surface area contributed by atoms with Gasteiger partial charge in [-0.2, -0.15) is 5.06 Å². The number of hydrogen-bond donors (Lipinski definition) is 1. The quantitative estimate of drug-likeness (QED) is 0.411. The number of carbonyl (C=O) groups is 2. The number of ether oxygens (including phenoxy) is 1. The molecule has 0 aromatic heterocycles. The van der Waals surface area contributed by atoms with Crippen LogP contribution in [0.3, 0.4) is 0 Å². The van der Waals surface area contributed by atoms with Crippen molar-refractivity contribution in [3.63, 3.8) is 0 Å². The van der Waals surface area contributed by atoms with Crippen LogP contribution in [0.2, 0.25) is 12.6 Å². The normalized spacial score (nSPS) is 22.2. The zero-order valence-corrected chi connectivity index (χ0v) is 19.5. The Morgan fingerprint density at radius 1 is 1.26 bits per heavy atom. The Morgan fingerprint density at radius 3 is 2.26 bits per heavy atom. The minimum atomic E-state index is -2.94. The zero-order chi connectivity index (χ0) is 21.2. The van der Waals surface area contributed by atoms with Crippen molar-refractivity contribution >= 4 is 19.8 Å². The highest BCUT2D eigenvalue weighted by Crippen LogP contribution is 2.34. The Bertz CT molecular complexity index is 541. The highest BCUT2D eigenvalue weighted by atomic mass is 28.4. The lowest BCUT2D eigenvalue weighted by molar-refractivity contribution is -0.171. The number of hydrogen-bond acceptors (Lipinski definition) is 6. The summed E-state index contributed by atoms with van der Waals surface area (Å²) in [5, 5.41) is 11.9. The lowest BCUT2D eigenvalue weighted by Crippen LogP contribution is -2.55. The number of amides is 1. The van der Waals surface area contributed by atoms with Crippen molar-refractivity contribution < 1.29 is 24.1 Å². The molecule has 0 spiro atoms. The van der Waals surface area contributed by atoms with Crippen LogP contribution in [0, 0.1) is 11.3 Å². The predicted molar refractivity (Wildman–Crippen MR) is 107 cm³/mol. The number of carbonyl (C=O) groups excluding carboxylic acids is 2. The molecule has 0 radical (unpaired) electrons. The minimum Gasteiger partial charge on any atom is -0.462 e. The van der Waals surface area contributed by atoms with Crippen LogP contribution in [0.25, 0.3) is 0 Å². The molecule has 27 heavy (non-hydrogen) atoms. The fourth-order valence-corrected chi connectivity index (χ4v) is 7.21. The van der Waals surface area contributed by atoms with Gasteiger partial charge in [0.25, 0.3) is 0 Å². The largest absolute Gasteiger partial charge is 0.462 e. The van der Waals surface area contributed by atoms with Gasteiger partial charge in [0.1, 0.15) is 5.60 Å². The third-order valence-electron chi connectivity index (χ3n) is 4.55. The van der Waals surface area contributed by atoms with Gasteiger partial charge in [-0.05, 0) is 51.6 Å². The van der Waals surface area contributed by atoms with Gasteiger partial charge in [0.2, 0.25) is 5.91 Å². The maximum atomic E-state index is 13.0. The highest BCUT2D eigenvalue weighted by Gasteiger charge is 2.49. The van der Waals surface area contributed by atoms with E-state index in [4.69, 9.17) is 9.26 Å². The van der Waals surface area contributed by atoms with E-state index in [-0.39, 0.29) is 23.0 Å². The summed E-state index contributed by atoms with van der Waals surface area (Å²) in [6.07, 6.45) is 1.67. The minimum absolute atomic E-state index is 0.0974. The van der Waals surface area contributed by atoms with E-state index in [1.165, 1.54) is 7.05 Å². The van der Waals surface area contributed by atoms with Gasteiger partial charge in [-0.25, -0.2) is 5.06 Å². The van der Waals surface area contributed by atoms with Crippen LogP contribution in [0.1, 0.15) is 61.3 Å². The van der Waals surface area contributed by atoms with Gasteiger partial charge >= 0.3 is 13.9 Å². The van der Waals surface area contributed by atoms with Crippen LogP contribution < -0.4 is 0 Å². The van der Waals surface area contributed by atoms with Crippen molar-refractivity contribution in [1.29, 1.82) is 0 Å². The van der Waals surface area contributed by atoms with E-state index in [1.807, 2.05) is 27.3 Å². The first-order valence-corrected chi connectivity index (χ1v) is 12.3. The second kappa shape index (κ2) is 8.59. The molecule has 0 aromatic rings. The molecule has 1 amide bonds. The lowest BCUT2D eigenvalue weighted by Gasteiger charge is -2.38. The number of hydroxylamine groups is 4. The summed E-state index contributed by atoms with van der Waals surface area (Å²) in [6.45, 7) is 16.2. The number of rotatable bonds is 6. The van der Waals surface area contributed by atoms with Gasteiger partial charge in [0.05, 0.1) is 5.92 Å². The fourth-order valence-electron chi connectivity index (χ4n) is 3.64. The van der Waals surface area contributed by atoms with Crippen molar-refractivity contribution in [2.75, 3.05) is 13.6 Å². The third kappa shape index (κ3) is 7.17. The Morgan fingerprint density at radius 2 is 1.81 bits per heavy atom. The Hall–Kier alpha value is -0.963. The summed E-state index contributed by atoms with van der Waals surface area (Å²) >= 11 is 0. The van der Waals surface area contributed by atoms with E-state index in [2.05, 4.69) is 20.8 Å². The zero-order valence-electron chi connectivity index (χ0n) is 18.5. The maximum absolute atomic E-state index is 13.0. The van der Waals surface area contributed by atoms with Gasteiger partial charge in [-0.15, -0.1) is 0 Å². The first-order chi connectivity index (χ1) is 12.1. The van der Waals surface area contributed by atoms with Gasteiger partial charge in [-0.1, -0.05) is 27.7 Å². The smallest absolute Gasteiger partial charge is 0.340 e. The predicted octanol–water partition coefficient (Wildman–Crippen LogP) is 4.00. The van der Waals surface area contributed by atoms with Crippen LogP contribution >= 0.6 is 0 Å². The van der Waals surface area contributed by atoms with E-state index in [9.17, 15) is 14.8 Å². The molecule has 1 fully saturated rings. The Labute approximate surface area is 165 Å². The molecule has 1 N–H and O–H groups in total. The molecule has 0 aliphatic carbocycles. The van der Waals surface area contributed by atoms with Crippen LogP contribution in [0.15, 0.2) is 0 Å². The lowest BCUT2D eigenvalue weighted by atomic mass is 9.99. The molecular formula is C19H38N2O5Si. The monoisotopic (exact) mass is 402 g/mol. The van der Waals surface area contributed by atoms with E-state index in [0.717, 1.165) is 12.8 Å². The second-order valence-electron chi connectivity index (χ2n) is 10.1. The van der Waals surface area contributed by atoms with E-state index < -0.39 is 19.8 Å². The topological polar surface area (TPSA) is 79.3 Å². The molecular weight excluding hydrogens is 364 g/mol. The molecule has 0 saturated carbocycles. The first kappa shape index (κ1) is 24.1. The molecule has 0 aromatic carbocycles. The fraction of sp³-hybridized carbons (Fsp3) is 0.895. The summed E-state index contributed by atoms with van der Waals surface area (Å²) in [6, 6.07) is 0.446. The molecule has 7 nitrogen and oxygen atoms in total. The molecule has 1 saturated heterocycles. The van der Waals surface area contributed by atoms with Crippen molar-refractivity contribution in [2.45, 2.75) is 85.5 Å². The molecule has 2 unspecified atom stereocenters.